The molecule has 0 spiro atoms. The average molecular weight is 302 g/mol. The molecule has 1 aromatic carbocycles. The van der Waals surface area contributed by atoms with Crippen molar-refractivity contribution >= 4 is 21.8 Å². The largest absolute Gasteiger partial charge is 0.324 e. The Kier molecular flexibility index (Phi) is 3.59. The van der Waals surface area contributed by atoms with E-state index in [1.165, 1.54) is 19.1 Å². The highest BCUT2D eigenvalue weighted by atomic mass is 32.2. The summed E-state index contributed by atoms with van der Waals surface area (Å²) in [6, 6.07) is 3.92. The lowest BCUT2D eigenvalue weighted by Gasteiger charge is -2.08. The van der Waals surface area contributed by atoms with Gasteiger partial charge in [0.05, 0.1) is 4.90 Å². The zero-order chi connectivity index (χ0) is 14.9. The van der Waals surface area contributed by atoms with Crippen molar-refractivity contribution in [3.63, 3.8) is 0 Å². The Morgan fingerprint density at radius 3 is 2.30 bits per heavy atom. The molecule has 0 bridgehead atoms. The number of hydrogen-bond acceptors (Lipinski definition) is 6. The van der Waals surface area contributed by atoms with Crippen LogP contribution in [0, 0.1) is 19.1 Å². The Morgan fingerprint density at radius 1 is 1.15 bits per heavy atom. The molecule has 0 aliphatic heterocycles. The van der Waals surface area contributed by atoms with Crippen LogP contribution in [0.5, 0.6) is 0 Å². The SMILES string of the molecule is Cc1ccc(Nc2nc(F)nc(F)n2)cc1S(=O)(=O)O. The summed E-state index contributed by atoms with van der Waals surface area (Å²) >= 11 is 0. The highest BCUT2D eigenvalue weighted by Gasteiger charge is 2.14. The summed E-state index contributed by atoms with van der Waals surface area (Å²) in [6.07, 6.45) is -2.63. The Balaban J connectivity index is 2.40. The van der Waals surface area contributed by atoms with Crippen molar-refractivity contribution in [2.24, 2.45) is 0 Å². The quantitative estimate of drug-likeness (QED) is 0.827. The van der Waals surface area contributed by atoms with Crippen molar-refractivity contribution in [2.45, 2.75) is 11.8 Å². The van der Waals surface area contributed by atoms with Crippen LogP contribution < -0.4 is 5.32 Å². The van der Waals surface area contributed by atoms with Crippen LogP contribution in [0.15, 0.2) is 23.1 Å². The Labute approximate surface area is 112 Å². The minimum absolute atomic E-state index is 0.133. The molecule has 10 heteroatoms. The number of hydrogen-bond donors (Lipinski definition) is 2. The maximum Gasteiger partial charge on any atom is 0.315 e. The number of halogens is 2. The van der Waals surface area contributed by atoms with E-state index in [0.717, 1.165) is 6.07 Å². The minimum atomic E-state index is -4.41. The normalized spacial score (nSPS) is 11.4. The lowest BCUT2D eigenvalue weighted by Crippen LogP contribution is -2.06. The zero-order valence-electron chi connectivity index (χ0n) is 10.0. The van der Waals surface area contributed by atoms with Gasteiger partial charge in [-0.15, -0.1) is 0 Å². The second-order valence-corrected chi connectivity index (χ2v) is 5.17. The van der Waals surface area contributed by atoms with E-state index >= 15 is 0 Å². The van der Waals surface area contributed by atoms with E-state index in [4.69, 9.17) is 4.55 Å². The summed E-state index contributed by atoms with van der Waals surface area (Å²) < 4.78 is 56.9. The van der Waals surface area contributed by atoms with Crippen LogP contribution >= 0.6 is 0 Å². The summed E-state index contributed by atoms with van der Waals surface area (Å²) in [5, 5.41) is 2.41. The molecule has 2 N–H and O–H groups in total. The molecular formula is C10H8F2N4O3S. The van der Waals surface area contributed by atoms with Crippen molar-refractivity contribution in [1.82, 2.24) is 15.0 Å². The Hall–Kier alpha value is -2.20. The fraction of sp³-hybridized carbons (Fsp3) is 0.100. The summed E-state index contributed by atoms with van der Waals surface area (Å²) in [5.74, 6) is -0.430. The van der Waals surface area contributed by atoms with Gasteiger partial charge >= 0.3 is 12.2 Å². The zero-order valence-corrected chi connectivity index (χ0v) is 10.8. The number of anilines is 2. The average Bonchev–Trinajstić information content (AvgIpc) is 2.29. The highest BCUT2D eigenvalue weighted by Crippen LogP contribution is 2.21. The van der Waals surface area contributed by atoms with Crippen LogP contribution in [-0.2, 0) is 10.1 Å². The van der Waals surface area contributed by atoms with Gasteiger partial charge in [-0.25, -0.2) is 0 Å². The molecule has 106 valence electrons. The first-order valence-corrected chi connectivity index (χ1v) is 6.62. The number of nitrogens with one attached hydrogen (secondary N) is 1. The smallest absolute Gasteiger partial charge is 0.315 e. The van der Waals surface area contributed by atoms with E-state index < -0.39 is 28.2 Å². The third-order valence-electron chi connectivity index (χ3n) is 2.30. The third kappa shape index (κ3) is 3.22. The monoisotopic (exact) mass is 302 g/mol. The van der Waals surface area contributed by atoms with Crippen LogP contribution in [0.3, 0.4) is 0 Å². The van der Waals surface area contributed by atoms with Gasteiger partial charge in [0.25, 0.3) is 10.1 Å². The minimum Gasteiger partial charge on any atom is -0.324 e. The van der Waals surface area contributed by atoms with Crippen LogP contribution in [0.2, 0.25) is 0 Å². The van der Waals surface area contributed by atoms with Crippen LogP contribution in [0.1, 0.15) is 5.56 Å². The van der Waals surface area contributed by atoms with Gasteiger partial charge in [-0.05, 0) is 24.6 Å². The molecule has 0 fully saturated rings. The first-order chi connectivity index (χ1) is 9.25. The van der Waals surface area contributed by atoms with Gasteiger partial charge in [0.15, 0.2) is 0 Å². The predicted molar refractivity (Wildman–Crippen MR) is 64.0 cm³/mol. The number of aryl methyl sites for hydroxylation is 1. The van der Waals surface area contributed by atoms with Crippen LogP contribution in [0.25, 0.3) is 0 Å². The summed E-state index contributed by atoms with van der Waals surface area (Å²) in [5.41, 5.74) is 0.444. The van der Waals surface area contributed by atoms with Crippen LogP contribution in [-0.4, -0.2) is 27.9 Å². The molecule has 7 nitrogen and oxygen atoms in total. The molecule has 1 heterocycles. The van der Waals surface area contributed by atoms with E-state index in [2.05, 4.69) is 20.3 Å². The molecule has 0 unspecified atom stereocenters. The second-order valence-electron chi connectivity index (χ2n) is 3.78. The van der Waals surface area contributed by atoms with Gasteiger partial charge in [-0.2, -0.15) is 32.2 Å². The number of benzene rings is 1. The van der Waals surface area contributed by atoms with E-state index in [9.17, 15) is 17.2 Å². The molecular weight excluding hydrogens is 294 g/mol. The topological polar surface area (TPSA) is 105 Å². The summed E-state index contributed by atoms with van der Waals surface area (Å²) in [4.78, 5) is 8.76. The molecule has 0 saturated heterocycles. The molecule has 1 aromatic heterocycles. The van der Waals surface area contributed by atoms with E-state index in [1.807, 2.05) is 0 Å². The molecule has 2 aromatic rings. The van der Waals surface area contributed by atoms with Gasteiger partial charge in [0.2, 0.25) is 5.95 Å². The van der Waals surface area contributed by atoms with Gasteiger partial charge in [-0.1, -0.05) is 6.07 Å². The standard InChI is InChI=1S/C10H8F2N4O3S/c1-5-2-3-6(4-7(5)20(17,18)19)13-10-15-8(11)14-9(12)16-10/h2-4H,1H3,(H,17,18,19)(H,13,14,15,16). The predicted octanol–water partition coefficient (Wildman–Crippen LogP) is 1.45. The second kappa shape index (κ2) is 5.06. The Bertz CT molecular complexity index is 747. The fourth-order valence-corrected chi connectivity index (χ4v) is 2.22. The molecule has 0 aliphatic carbocycles. The van der Waals surface area contributed by atoms with Crippen molar-refractivity contribution in [2.75, 3.05) is 5.32 Å². The number of nitrogens with zero attached hydrogens (tertiary/aromatic N) is 3. The molecule has 0 aliphatic rings. The first kappa shape index (κ1) is 14.2. The fourth-order valence-electron chi connectivity index (χ4n) is 1.47. The van der Waals surface area contributed by atoms with Crippen molar-refractivity contribution in [3.8, 4) is 0 Å². The maximum atomic E-state index is 12.8. The van der Waals surface area contributed by atoms with E-state index in [1.54, 1.807) is 0 Å². The van der Waals surface area contributed by atoms with E-state index in [-0.39, 0.29) is 10.6 Å². The maximum absolute atomic E-state index is 12.8. The lowest BCUT2D eigenvalue weighted by molar-refractivity contribution is 0.458. The molecule has 0 amide bonds. The Morgan fingerprint density at radius 2 is 1.75 bits per heavy atom. The van der Waals surface area contributed by atoms with Gasteiger partial charge in [-0.3, -0.25) is 4.55 Å². The third-order valence-corrected chi connectivity index (χ3v) is 3.30. The van der Waals surface area contributed by atoms with E-state index in [0.29, 0.717) is 5.56 Å². The van der Waals surface area contributed by atoms with Gasteiger partial charge in [0, 0.05) is 5.69 Å². The molecule has 20 heavy (non-hydrogen) atoms. The number of aromatic nitrogens is 3. The highest BCUT2D eigenvalue weighted by molar-refractivity contribution is 7.85. The lowest BCUT2D eigenvalue weighted by atomic mass is 10.2. The number of rotatable bonds is 3. The van der Waals surface area contributed by atoms with Gasteiger partial charge in [0.1, 0.15) is 0 Å². The summed E-state index contributed by atoms with van der Waals surface area (Å²) in [7, 11) is -4.41. The van der Waals surface area contributed by atoms with Crippen molar-refractivity contribution in [1.29, 1.82) is 0 Å². The molecule has 0 atom stereocenters. The molecule has 0 radical (unpaired) electrons. The summed E-state index contributed by atoms with van der Waals surface area (Å²) in [6.45, 7) is 1.48. The first-order valence-electron chi connectivity index (χ1n) is 5.18. The molecule has 2 rings (SSSR count). The molecule has 0 saturated carbocycles. The van der Waals surface area contributed by atoms with Crippen molar-refractivity contribution < 1.29 is 21.8 Å². The van der Waals surface area contributed by atoms with Crippen LogP contribution in [0.4, 0.5) is 20.4 Å². The van der Waals surface area contributed by atoms with Crippen molar-refractivity contribution in [3.05, 3.63) is 35.9 Å². The van der Waals surface area contributed by atoms with Gasteiger partial charge < -0.3 is 5.32 Å².